The van der Waals surface area contributed by atoms with E-state index in [4.69, 9.17) is 4.74 Å². The van der Waals surface area contributed by atoms with Crippen LogP contribution < -0.4 is 0 Å². The van der Waals surface area contributed by atoms with Crippen LogP contribution in [0.4, 0.5) is 0 Å². The molecule has 0 aromatic rings. The van der Waals surface area contributed by atoms with Gasteiger partial charge in [-0.15, -0.1) is 0 Å². The minimum atomic E-state index is -0.0180. The maximum atomic E-state index is 13.3. The predicted molar refractivity (Wildman–Crippen MR) is 132 cm³/mol. The van der Waals surface area contributed by atoms with Crippen LogP contribution >= 0.6 is 0 Å². The van der Waals surface area contributed by atoms with Gasteiger partial charge in [0.1, 0.15) is 5.76 Å². The van der Waals surface area contributed by atoms with Crippen LogP contribution in [0.5, 0.6) is 0 Å². The van der Waals surface area contributed by atoms with Gasteiger partial charge in [0.05, 0.1) is 6.61 Å². The Kier molecular flexibility index (Phi) is 4.52. The molecule has 8 fully saturated rings. The number of hydrogen-bond acceptors (Lipinski definition) is 2. The van der Waals surface area contributed by atoms with E-state index in [2.05, 4.69) is 46.5 Å². The minimum absolute atomic E-state index is 0.0180. The van der Waals surface area contributed by atoms with E-state index in [9.17, 15) is 4.79 Å². The Labute approximate surface area is 201 Å². The second-order valence-electron chi connectivity index (χ2n) is 15.4. The third-order valence-electron chi connectivity index (χ3n) is 10.8. The molecule has 8 rings (SSSR count). The van der Waals surface area contributed by atoms with Gasteiger partial charge in [-0.05, 0) is 123 Å². The molecule has 0 spiro atoms. The Morgan fingerprint density at radius 1 is 0.788 bits per heavy atom. The lowest BCUT2D eigenvalue weighted by atomic mass is 9.40. The highest BCUT2D eigenvalue weighted by Crippen LogP contribution is 2.72. The fourth-order valence-electron chi connectivity index (χ4n) is 12.2. The van der Waals surface area contributed by atoms with Crippen molar-refractivity contribution in [3.63, 3.8) is 0 Å². The Bertz CT molecular complexity index is 939. The molecule has 2 nitrogen and oxygen atoms in total. The van der Waals surface area contributed by atoms with Crippen LogP contribution in [-0.4, -0.2) is 12.4 Å². The first kappa shape index (κ1) is 22.2. The molecule has 8 bridgehead atoms. The first-order valence-electron chi connectivity index (χ1n) is 13.8. The fourth-order valence-corrected chi connectivity index (χ4v) is 12.2. The molecule has 8 aliphatic rings. The molecule has 0 heterocycles. The molecule has 0 aromatic carbocycles. The van der Waals surface area contributed by atoms with Gasteiger partial charge in [0, 0.05) is 16.9 Å². The maximum Gasteiger partial charge on any atom is 0.232 e. The summed E-state index contributed by atoms with van der Waals surface area (Å²) in [5, 5.41) is 0. The molecule has 0 N–H and O–H groups in total. The SMILES string of the molecule is CCO/C(=C\C(=O)C#CC12CC3CC(C)(CC(C)(C3)C1)C2)C12CC3CC(C)(CC(C)(C3)C1)C2. The summed E-state index contributed by atoms with van der Waals surface area (Å²) in [5.74, 6) is 9.33. The lowest BCUT2D eigenvalue weighted by Crippen LogP contribution is -2.55. The van der Waals surface area contributed by atoms with E-state index in [0.29, 0.717) is 28.3 Å². The van der Waals surface area contributed by atoms with Crippen molar-refractivity contribution in [2.75, 3.05) is 6.61 Å². The van der Waals surface area contributed by atoms with E-state index in [0.717, 1.165) is 17.6 Å². The van der Waals surface area contributed by atoms with Gasteiger partial charge in [-0.25, -0.2) is 0 Å². The summed E-state index contributed by atoms with van der Waals surface area (Å²) in [6.07, 6.45) is 17.1. The van der Waals surface area contributed by atoms with E-state index >= 15 is 0 Å². The average molecular weight is 449 g/mol. The zero-order valence-corrected chi connectivity index (χ0v) is 21.7. The topological polar surface area (TPSA) is 26.3 Å². The van der Waals surface area contributed by atoms with Gasteiger partial charge in [-0.2, -0.15) is 0 Å². The van der Waals surface area contributed by atoms with Gasteiger partial charge in [0.25, 0.3) is 0 Å². The molecular weight excluding hydrogens is 404 g/mol. The smallest absolute Gasteiger partial charge is 0.232 e. The average Bonchev–Trinajstić information content (AvgIpc) is 2.60. The second kappa shape index (κ2) is 6.71. The fraction of sp³-hybridized carbons (Fsp3) is 0.839. The molecule has 4 atom stereocenters. The summed E-state index contributed by atoms with van der Waals surface area (Å²) >= 11 is 0. The van der Waals surface area contributed by atoms with Crippen molar-refractivity contribution in [1.82, 2.24) is 0 Å². The van der Waals surface area contributed by atoms with E-state index in [-0.39, 0.29) is 16.6 Å². The summed E-state index contributed by atoms with van der Waals surface area (Å²) in [5.41, 5.74) is 1.80. The van der Waals surface area contributed by atoms with E-state index < -0.39 is 0 Å². The van der Waals surface area contributed by atoms with Gasteiger partial charge < -0.3 is 4.74 Å². The number of rotatable bonds is 4. The third-order valence-corrected chi connectivity index (χ3v) is 10.8. The largest absolute Gasteiger partial charge is 0.497 e. The van der Waals surface area contributed by atoms with Crippen LogP contribution in [0.3, 0.4) is 0 Å². The normalized spacial score (nSPS) is 53.7. The Morgan fingerprint density at radius 2 is 1.30 bits per heavy atom. The van der Waals surface area contributed by atoms with Crippen LogP contribution in [0.25, 0.3) is 0 Å². The zero-order chi connectivity index (χ0) is 23.3. The molecule has 8 saturated carbocycles. The molecule has 0 aromatic heterocycles. The number of ether oxygens (including phenoxy) is 1. The second-order valence-corrected chi connectivity index (χ2v) is 15.4. The van der Waals surface area contributed by atoms with Crippen LogP contribution in [0.2, 0.25) is 0 Å². The highest BCUT2D eigenvalue weighted by molar-refractivity contribution is 6.04. The summed E-state index contributed by atoms with van der Waals surface area (Å²) in [7, 11) is 0. The highest BCUT2D eigenvalue weighted by atomic mass is 16.5. The minimum Gasteiger partial charge on any atom is -0.497 e. The number of allylic oxidation sites excluding steroid dienone is 2. The van der Waals surface area contributed by atoms with Crippen molar-refractivity contribution in [2.45, 2.75) is 112 Å². The van der Waals surface area contributed by atoms with Crippen LogP contribution in [-0.2, 0) is 9.53 Å². The van der Waals surface area contributed by atoms with Crippen molar-refractivity contribution in [3.8, 4) is 11.8 Å². The van der Waals surface area contributed by atoms with Crippen LogP contribution in [0, 0.1) is 56.2 Å². The molecule has 2 heteroatoms. The molecule has 4 unspecified atom stereocenters. The Morgan fingerprint density at radius 3 is 1.79 bits per heavy atom. The van der Waals surface area contributed by atoms with Gasteiger partial charge in [-0.1, -0.05) is 33.6 Å². The molecule has 0 aliphatic heterocycles. The zero-order valence-electron chi connectivity index (χ0n) is 21.7. The maximum absolute atomic E-state index is 13.3. The third kappa shape index (κ3) is 3.63. The van der Waals surface area contributed by atoms with Crippen molar-refractivity contribution in [2.24, 2.45) is 44.3 Å². The quantitative estimate of drug-likeness (QED) is 0.193. The van der Waals surface area contributed by atoms with E-state index in [1.165, 1.54) is 77.0 Å². The van der Waals surface area contributed by atoms with Crippen LogP contribution in [0.15, 0.2) is 11.8 Å². The number of carbonyl (C=O) groups excluding carboxylic acids is 1. The van der Waals surface area contributed by atoms with Crippen LogP contribution in [0.1, 0.15) is 112 Å². The monoisotopic (exact) mass is 448 g/mol. The number of ketones is 1. The predicted octanol–water partition coefficient (Wildman–Crippen LogP) is 7.47. The number of hydrogen-bond donors (Lipinski definition) is 0. The Hall–Kier alpha value is -1.23. The lowest BCUT2D eigenvalue weighted by Gasteiger charge is -2.65. The summed E-state index contributed by atoms with van der Waals surface area (Å²) < 4.78 is 6.29. The summed E-state index contributed by atoms with van der Waals surface area (Å²) in [4.78, 5) is 13.3. The van der Waals surface area contributed by atoms with Crippen molar-refractivity contribution in [3.05, 3.63) is 11.8 Å². The van der Waals surface area contributed by atoms with Gasteiger partial charge in [0.15, 0.2) is 0 Å². The van der Waals surface area contributed by atoms with Gasteiger partial charge in [-0.3, -0.25) is 4.79 Å². The first-order valence-corrected chi connectivity index (χ1v) is 13.8. The standard InChI is InChI=1S/C31H44O2/c1-6-33-25(31-15-23-12-28(4,20-31)17-29(5,13-23)21-31)9-24(32)7-8-30-14-22-10-26(2,18-30)16-27(3,11-22)19-30/h9,22-23H,6,10-21H2,1-5H3/b25-9-. The molecular formula is C31H44O2. The highest BCUT2D eigenvalue weighted by Gasteiger charge is 2.62. The molecule has 0 amide bonds. The summed E-state index contributed by atoms with van der Waals surface area (Å²) in [6.45, 7) is 12.6. The first-order chi connectivity index (χ1) is 15.4. The van der Waals surface area contributed by atoms with E-state index in [1.54, 1.807) is 0 Å². The van der Waals surface area contributed by atoms with Gasteiger partial charge >= 0.3 is 0 Å². The van der Waals surface area contributed by atoms with Crippen molar-refractivity contribution < 1.29 is 9.53 Å². The molecule has 180 valence electrons. The molecule has 33 heavy (non-hydrogen) atoms. The molecule has 0 radical (unpaired) electrons. The number of carbonyl (C=O) groups is 1. The molecule has 0 saturated heterocycles. The van der Waals surface area contributed by atoms with Gasteiger partial charge in [0.2, 0.25) is 5.78 Å². The van der Waals surface area contributed by atoms with E-state index in [1.807, 2.05) is 6.08 Å². The molecule has 8 aliphatic carbocycles. The lowest BCUT2D eigenvalue weighted by molar-refractivity contribution is -0.145. The van der Waals surface area contributed by atoms with Crippen molar-refractivity contribution in [1.29, 1.82) is 0 Å². The summed E-state index contributed by atoms with van der Waals surface area (Å²) in [6, 6.07) is 0. The van der Waals surface area contributed by atoms with Crippen molar-refractivity contribution >= 4 is 5.78 Å². The Balaban J connectivity index is 1.29.